The van der Waals surface area contributed by atoms with Gasteiger partial charge in [-0.3, -0.25) is 4.79 Å². The van der Waals surface area contributed by atoms with Crippen molar-refractivity contribution in [2.75, 3.05) is 0 Å². The molecule has 0 aromatic rings. The van der Waals surface area contributed by atoms with Crippen LogP contribution in [0.1, 0.15) is 58.8 Å². The quantitative estimate of drug-likeness (QED) is 0.251. The van der Waals surface area contributed by atoms with Crippen LogP contribution in [0.3, 0.4) is 0 Å². The van der Waals surface area contributed by atoms with Gasteiger partial charge >= 0.3 is 5.97 Å². The first kappa shape index (κ1) is 14.9. The second kappa shape index (κ2) is 12.0. The predicted octanol–water partition coefficient (Wildman–Crippen LogP) is 4.37. The van der Waals surface area contributed by atoms with Gasteiger partial charge in [0, 0.05) is 6.92 Å². The average Bonchev–Trinajstić information content (AvgIpc) is 2.25. The highest BCUT2D eigenvalue weighted by molar-refractivity contribution is 5.66. The second-order valence-corrected chi connectivity index (χ2v) is 3.92. The van der Waals surface area contributed by atoms with Crippen LogP contribution in [0, 0.1) is 0 Å². The van der Waals surface area contributed by atoms with E-state index < -0.39 is 0 Å². The van der Waals surface area contributed by atoms with E-state index >= 15 is 0 Å². The van der Waals surface area contributed by atoms with Gasteiger partial charge in [-0.1, -0.05) is 51.2 Å². The van der Waals surface area contributed by atoms with Gasteiger partial charge in [-0.2, -0.15) is 0 Å². The topological polar surface area (TPSA) is 26.3 Å². The van der Waals surface area contributed by atoms with Crippen molar-refractivity contribution >= 4 is 5.97 Å². The Balaban J connectivity index is 3.21. The lowest BCUT2D eigenvalue weighted by molar-refractivity contribution is -0.135. The largest absolute Gasteiger partial charge is 0.435 e. The third kappa shape index (κ3) is 12.9. The van der Waals surface area contributed by atoms with Crippen LogP contribution in [0.5, 0.6) is 0 Å². The third-order valence-corrected chi connectivity index (χ3v) is 2.28. The molecule has 0 amide bonds. The zero-order valence-electron chi connectivity index (χ0n) is 10.6. The number of esters is 1. The molecule has 0 atom stereocenters. The molecule has 0 aliphatic heterocycles. The summed E-state index contributed by atoms with van der Waals surface area (Å²) < 4.78 is 4.64. The van der Waals surface area contributed by atoms with Crippen molar-refractivity contribution in [2.24, 2.45) is 0 Å². The number of ether oxygens (including phenoxy) is 1. The van der Waals surface area contributed by atoms with E-state index in [1.165, 1.54) is 51.7 Å². The maximum Gasteiger partial charge on any atom is 0.307 e. The van der Waals surface area contributed by atoms with E-state index in [1.54, 1.807) is 6.08 Å². The molecule has 0 bridgehead atoms. The van der Waals surface area contributed by atoms with E-state index in [9.17, 15) is 4.79 Å². The molecule has 0 spiro atoms. The summed E-state index contributed by atoms with van der Waals surface area (Å²) >= 11 is 0. The van der Waals surface area contributed by atoms with Crippen LogP contribution in [0.15, 0.2) is 24.5 Å². The van der Waals surface area contributed by atoms with Crippen molar-refractivity contribution < 1.29 is 9.53 Å². The van der Waals surface area contributed by atoms with E-state index in [2.05, 4.69) is 17.7 Å². The van der Waals surface area contributed by atoms with Gasteiger partial charge in [-0.15, -0.1) is 0 Å². The van der Waals surface area contributed by atoms with Crippen LogP contribution in [0.2, 0.25) is 0 Å². The van der Waals surface area contributed by atoms with Crippen LogP contribution in [0.4, 0.5) is 0 Å². The fourth-order valence-electron chi connectivity index (χ4n) is 1.40. The van der Waals surface area contributed by atoms with Crippen LogP contribution >= 0.6 is 0 Å². The number of allylic oxidation sites excluding steroid dienone is 3. The molecule has 0 saturated carbocycles. The van der Waals surface area contributed by atoms with E-state index in [4.69, 9.17) is 0 Å². The van der Waals surface area contributed by atoms with Gasteiger partial charge < -0.3 is 4.74 Å². The minimum Gasteiger partial charge on any atom is -0.435 e. The van der Waals surface area contributed by atoms with Crippen molar-refractivity contribution in [1.29, 1.82) is 0 Å². The molecule has 0 fully saturated rings. The third-order valence-electron chi connectivity index (χ3n) is 2.28. The maximum atomic E-state index is 10.4. The molecular weight excluding hydrogens is 200 g/mol. The predicted molar refractivity (Wildman–Crippen MR) is 68.0 cm³/mol. The monoisotopic (exact) mass is 224 g/mol. The summed E-state index contributed by atoms with van der Waals surface area (Å²) in [5.41, 5.74) is 0. The number of carbonyl (C=O) groups excluding carboxylic acids is 1. The molecule has 92 valence electrons. The lowest BCUT2D eigenvalue weighted by Gasteiger charge is -1.97. The molecule has 0 unspecified atom stereocenters. The van der Waals surface area contributed by atoms with Crippen molar-refractivity contribution in [2.45, 2.75) is 58.8 Å². The van der Waals surface area contributed by atoms with Crippen molar-refractivity contribution in [3.05, 3.63) is 24.5 Å². The molecule has 0 aliphatic carbocycles. The van der Waals surface area contributed by atoms with Crippen molar-refractivity contribution in [3.63, 3.8) is 0 Å². The van der Waals surface area contributed by atoms with E-state index in [-0.39, 0.29) is 5.97 Å². The van der Waals surface area contributed by atoms with Gasteiger partial charge in [-0.25, -0.2) is 0 Å². The number of hydrogen-bond donors (Lipinski definition) is 0. The van der Waals surface area contributed by atoms with Gasteiger partial charge in [-0.05, 0) is 18.9 Å². The first-order chi connectivity index (χ1) is 7.77. The molecule has 2 nitrogen and oxygen atoms in total. The van der Waals surface area contributed by atoms with Crippen molar-refractivity contribution in [1.82, 2.24) is 0 Å². The van der Waals surface area contributed by atoms with E-state index in [1.807, 2.05) is 6.08 Å². The van der Waals surface area contributed by atoms with Crippen LogP contribution in [-0.4, -0.2) is 5.97 Å². The summed E-state index contributed by atoms with van der Waals surface area (Å²) in [7, 11) is 0. The van der Waals surface area contributed by atoms with Gasteiger partial charge in [0.2, 0.25) is 0 Å². The number of rotatable bonds is 9. The van der Waals surface area contributed by atoms with Crippen LogP contribution in [0.25, 0.3) is 0 Å². The second-order valence-electron chi connectivity index (χ2n) is 3.92. The number of hydrogen-bond acceptors (Lipinski definition) is 2. The Kier molecular flexibility index (Phi) is 11.2. The summed E-state index contributed by atoms with van der Waals surface area (Å²) in [5.74, 6) is -0.277. The summed E-state index contributed by atoms with van der Waals surface area (Å²) in [6.45, 7) is 3.63. The Morgan fingerprint density at radius 3 is 2.44 bits per heavy atom. The molecular formula is C14H24O2. The Bertz CT molecular complexity index is 217. The SMILES string of the molecule is CCCCCCCCC=C/C=C\OC(C)=O. The lowest BCUT2D eigenvalue weighted by Crippen LogP contribution is -1.88. The molecule has 0 radical (unpaired) electrons. The molecule has 0 rings (SSSR count). The number of unbranched alkanes of at least 4 members (excludes halogenated alkanes) is 6. The Morgan fingerprint density at radius 2 is 1.75 bits per heavy atom. The maximum absolute atomic E-state index is 10.4. The first-order valence-electron chi connectivity index (χ1n) is 6.26. The van der Waals surface area contributed by atoms with Crippen molar-refractivity contribution in [3.8, 4) is 0 Å². The molecule has 16 heavy (non-hydrogen) atoms. The van der Waals surface area contributed by atoms with Crippen LogP contribution < -0.4 is 0 Å². The fourth-order valence-corrected chi connectivity index (χ4v) is 1.40. The first-order valence-corrected chi connectivity index (χ1v) is 6.26. The minimum atomic E-state index is -0.277. The molecule has 2 heteroatoms. The fraction of sp³-hybridized carbons (Fsp3) is 0.643. The Hall–Kier alpha value is -1.05. The standard InChI is InChI=1S/C14H24O2/c1-3-4-5-6-7-8-9-10-11-12-13-16-14(2)15/h10-13H,3-9H2,1-2H3/b11-10?,13-12-. The summed E-state index contributed by atoms with van der Waals surface area (Å²) in [5, 5.41) is 0. The van der Waals surface area contributed by atoms with Crippen LogP contribution in [-0.2, 0) is 9.53 Å². The Labute approximate surface area is 99.4 Å². The summed E-state index contributed by atoms with van der Waals surface area (Å²) in [6.07, 6.45) is 16.3. The van der Waals surface area contributed by atoms with Gasteiger partial charge in [0.25, 0.3) is 0 Å². The molecule has 0 aromatic heterocycles. The highest BCUT2D eigenvalue weighted by Crippen LogP contribution is 2.07. The zero-order chi connectivity index (χ0) is 12.1. The van der Waals surface area contributed by atoms with Gasteiger partial charge in [0.05, 0.1) is 6.26 Å². The average molecular weight is 224 g/mol. The molecule has 0 aromatic carbocycles. The normalized spacial score (nSPS) is 11.4. The molecule has 0 N–H and O–H groups in total. The van der Waals surface area contributed by atoms with E-state index in [0.29, 0.717) is 0 Å². The smallest absolute Gasteiger partial charge is 0.307 e. The number of carbonyl (C=O) groups is 1. The minimum absolute atomic E-state index is 0.277. The van der Waals surface area contributed by atoms with E-state index in [0.717, 1.165) is 6.42 Å². The molecule has 0 heterocycles. The lowest BCUT2D eigenvalue weighted by atomic mass is 10.1. The summed E-state index contributed by atoms with van der Waals surface area (Å²) in [4.78, 5) is 10.4. The molecule has 0 aliphatic rings. The zero-order valence-corrected chi connectivity index (χ0v) is 10.6. The highest BCUT2D eigenvalue weighted by atomic mass is 16.5. The Morgan fingerprint density at radius 1 is 1.06 bits per heavy atom. The van der Waals surface area contributed by atoms with Gasteiger partial charge in [0.15, 0.2) is 0 Å². The molecule has 0 saturated heterocycles. The highest BCUT2D eigenvalue weighted by Gasteiger charge is 1.87. The summed E-state index contributed by atoms with van der Waals surface area (Å²) in [6, 6.07) is 0. The van der Waals surface area contributed by atoms with Gasteiger partial charge in [0.1, 0.15) is 0 Å².